The number of aromatic nitrogens is 2. The molecule has 0 aliphatic rings. The second kappa shape index (κ2) is 2.41. The van der Waals surface area contributed by atoms with Crippen LogP contribution in [-0.2, 0) is 14.1 Å². The molecule has 2 heteroatoms. The van der Waals surface area contributed by atoms with Crippen molar-refractivity contribution in [3.8, 4) is 0 Å². The van der Waals surface area contributed by atoms with Crippen molar-refractivity contribution in [2.24, 2.45) is 14.1 Å². The number of aryl methyl sites for hydroxylation is 2. The van der Waals surface area contributed by atoms with Gasteiger partial charge in [0.05, 0.1) is 16.6 Å². The molecule has 0 aliphatic carbocycles. The Balaban J connectivity index is 2.70. The van der Waals surface area contributed by atoms with Crippen LogP contribution >= 0.6 is 0 Å². The van der Waals surface area contributed by atoms with Crippen LogP contribution < -0.4 is 0 Å². The average Bonchev–Trinajstić information content (AvgIpc) is 2.70. The van der Waals surface area contributed by atoms with Gasteiger partial charge in [0.15, 0.2) is 0 Å². The summed E-state index contributed by atoms with van der Waals surface area (Å²) >= 11 is 0. The first kappa shape index (κ1) is 7.68. The summed E-state index contributed by atoms with van der Waals surface area (Å²) in [6.07, 6.45) is 2.11. The fourth-order valence-corrected chi connectivity index (χ4v) is 2.21. The van der Waals surface area contributed by atoms with Gasteiger partial charge in [-0.3, -0.25) is 0 Å². The smallest absolute Gasteiger partial charge is 0.0740 e. The molecule has 2 aromatic heterocycles. The summed E-state index contributed by atoms with van der Waals surface area (Å²) in [5.41, 5.74) is 3.92. The topological polar surface area (TPSA) is 9.86 Å². The van der Waals surface area contributed by atoms with Crippen LogP contribution in [0.25, 0.3) is 21.9 Å². The van der Waals surface area contributed by atoms with E-state index in [0.717, 1.165) is 0 Å². The number of rotatable bonds is 0. The third kappa shape index (κ3) is 0.757. The molecule has 14 heavy (non-hydrogen) atoms. The Labute approximate surface area is 82.4 Å². The Bertz CT molecular complexity index is 614. The van der Waals surface area contributed by atoms with E-state index in [-0.39, 0.29) is 0 Å². The minimum atomic E-state index is 1.30. The predicted molar refractivity (Wildman–Crippen MR) is 59.4 cm³/mol. The number of para-hydroxylation sites is 1. The van der Waals surface area contributed by atoms with Crippen LogP contribution in [0.4, 0.5) is 0 Å². The van der Waals surface area contributed by atoms with Crippen molar-refractivity contribution in [3.63, 3.8) is 0 Å². The van der Waals surface area contributed by atoms with Crippen LogP contribution in [0.15, 0.2) is 36.5 Å². The van der Waals surface area contributed by atoms with Crippen molar-refractivity contribution in [2.75, 3.05) is 0 Å². The van der Waals surface area contributed by atoms with Gasteiger partial charge >= 0.3 is 0 Å². The molecule has 0 saturated carbocycles. The number of benzene rings is 1. The molecule has 0 fully saturated rings. The Hall–Kier alpha value is -1.70. The molecule has 0 amide bonds. The molecule has 2 heterocycles. The van der Waals surface area contributed by atoms with Crippen LogP contribution in [0.1, 0.15) is 0 Å². The molecule has 0 bridgehead atoms. The summed E-state index contributed by atoms with van der Waals surface area (Å²) in [5, 5.41) is 1.33. The molecule has 0 saturated heterocycles. The maximum absolute atomic E-state index is 2.24. The first-order valence-corrected chi connectivity index (χ1v) is 4.77. The molecular formula is C12H12N2. The lowest BCUT2D eigenvalue weighted by Gasteiger charge is -1.95. The van der Waals surface area contributed by atoms with Crippen LogP contribution in [-0.4, -0.2) is 9.13 Å². The van der Waals surface area contributed by atoms with Crippen LogP contribution in [0, 0.1) is 0 Å². The number of nitrogens with zero attached hydrogens (tertiary/aromatic N) is 2. The lowest BCUT2D eigenvalue weighted by atomic mass is 10.2. The van der Waals surface area contributed by atoms with Crippen molar-refractivity contribution in [3.05, 3.63) is 36.5 Å². The highest BCUT2D eigenvalue weighted by Crippen LogP contribution is 2.27. The fourth-order valence-electron chi connectivity index (χ4n) is 2.21. The lowest BCUT2D eigenvalue weighted by molar-refractivity contribution is 0.972. The van der Waals surface area contributed by atoms with E-state index in [1.807, 2.05) is 0 Å². The summed E-state index contributed by atoms with van der Waals surface area (Å²) < 4.78 is 4.42. The van der Waals surface area contributed by atoms with Crippen molar-refractivity contribution < 1.29 is 0 Å². The highest BCUT2D eigenvalue weighted by molar-refractivity contribution is 6.06. The van der Waals surface area contributed by atoms with E-state index >= 15 is 0 Å². The van der Waals surface area contributed by atoms with Gasteiger partial charge in [-0.2, -0.15) is 0 Å². The molecule has 3 aromatic rings. The molecule has 1 aromatic carbocycles. The molecule has 70 valence electrons. The van der Waals surface area contributed by atoms with Crippen molar-refractivity contribution in [2.45, 2.75) is 0 Å². The zero-order valence-corrected chi connectivity index (χ0v) is 8.36. The maximum atomic E-state index is 2.24. The molecule has 3 rings (SSSR count). The van der Waals surface area contributed by atoms with Gasteiger partial charge in [-0.05, 0) is 12.1 Å². The van der Waals surface area contributed by atoms with Crippen molar-refractivity contribution in [1.29, 1.82) is 0 Å². The van der Waals surface area contributed by atoms with E-state index in [1.54, 1.807) is 0 Å². The van der Waals surface area contributed by atoms with E-state index in [2.05, 4.69) is 59.8 Å². The minimum Gasteiger partial charge on any atom is -0.349 e. The first-order valence-electron chi connectivity index (χ1n) is 4.77. The quantitative estimate of drug-likeness (QED) is 0.508. The third-order valence-corrected chi connectivity index (χ3v) is 2.93. The average molecular weight is 184 g/mol. The molecule has 0 aliphatic heterocycles. The molecule has 0 unspecified atom stereocenters. The van der Waals surface area contributed by atoms with Gasteiger partial charge in [-0.1, -0.05) is 18.2 Å². The summed E-state index contributed by atoms with van der Waals surface area (Å²) in [6, 6.07) is 10.7. The van der Waals surface area contributed by atoms with Crippen molar-refractivity contribution >= 4 is 21.9 Å². The molecule has 2 nitrogen and oxygen atoms in total. The fraction of sp³-hybridized carbons (Fsp3) is 0.167. The maximum Gasteiger partial charge on any atom is 0.0740 e. The summed E-state index contributed by atoms with van der Waals surface area (Å²) in [7, 11) is 4.21. The van der Waals surface area contributed by atoms with Crippen LogP contribution in [0.3, 0.4) is 0 Å². The molecular weight excluding hydrogens is 172 g/mol. The van der Waals surface area contributed by atoms with Gasteiger partial charge in [0.1, 0.15) is 0 Å². The Morgan fingerprint density at radius 1 is 0.929 bits per heavy atom. The minimum absolute atomic E-state index is 1.30. The zero-order valence-electron chi connectivity index (χ0n) is 8.36. The van der Waals surface area contributed by atoms with E-state index in [0.29, 0.717) is 0 Å². The van der Waals surface area contributed by atoms with Gasteiger partial charge in [0.2, 0.25) is 0 Å². The van der Waals surface area contributed by atoms with Gasteiger partial charge in [0, 0.05) is 25.7 Å². The normalized spacial score (nSPS) is 11.6. The Morgan fingerprint density at radius 3 is 2.57 bits per heavy atom. The van der Waals surface area contributed by atoms with Crippen LogP contribution in [0.5, 0.6) is 0 Å². The molecule has 0 spiro atoms. The summed E-state index contributed by atoms with van der Waals surface area (Å²) in [4.78, 5) is 0. The highest BCUT2D eigenvalue weighted by atomic mass is 15.0. The second-order valence-corrected chi connectivity index (χ2v) is 3.74. The van der Waals surface area contributed by atoms with E-state index in [1.165, 1.54) is 21.9 Å². The Kier molecular flexibility index (Phi) is 1.32. The van der Waals surface area contributed by atoms with Gasteiger partial charge in [-0.25, -0.2) is 0 Å². The molecule has 0 N–H and O–H groups in total. The summed E-state index contributed by atoms with van der Waals surface area (Å²) in [5.74, 6) is 0. The third-order valence-electron chi connectivity index (χ3n) is 2.93. The number of fused-ring (bicyclic) bond motifs is 3. The Morgan fingerprint density at radius 2 is 1.71 bits per heavy atom. The van der Waals surface area contributed by atoms with Gasteiger partial charge in [0.25, 0.3) is 0 Å². The first-order chi connectivity index (χ1) is 6.79. The van der Waals surface area contributed by atoms with Gasteiger partial charge < -0.3 is 9.13 Å². The largest absolute Gasteiger partial charge is 0.349 e. The van der Waals surface area contributed by atoms with Crippen LogP contribution in [0.2, 0.25) is 0 Å². The van der Waals surface area contributed by atoms with E-state index in [9.17, 15) is 0 Å². The predicted octanol–water partition coefficient (Wildman–Crippen LogP) is 2.67. The van der Waals surface area contributed by atoms with Crippen molar-refractivity contribution in [1.82, 2.24) is 9.13 Å². The highest BCUT2D eigenvalue weighted by Gasteiger charge is 2.09. The van der Waals surface area contributed by atoms with E-state index in [4.69, 9.17) is 0 Å². The van der Waals surface area contributed by atoms with E-state index < -0.39 is 0 Å². The summed E-state index contributed by atoms with van der Waals surface area (Å²) in [6.45, 7) is 0. The monoisotopic (exact) mass is 184 g/mol. The number of hydrogen-bond acceptors (Lipinski definition) is 0. The molecule has 0 radical (unpaired) electrons. The lowest BCUT2D eigenvalue weighted by Crippen LogP contribution is -1.83. The zero-order chi connectivity index (χ0) is 9.71. The molecule has 0 atom stereocenters. The SMILES string of the molecule is Cn1ccc2c1c1ccccc1n2C. The number of hydrogen-bond donors (Lipinski definition) is 0. The second-order valence-electron chi connectivity index (χ2n) is 3.74. The van der Waals surface area contributed by atoms with Gasteiger partial charge in [-0.15, -0.1) is 0 Å². The standard InChI is InChI=1S/C12H12N2/c1-13-8-7-11-12(13)9-5-3-4-6-10(9)14(11)2/h3-8H,1-2H3.